The van der Waals surface area contributed by atoms with E-state index in [9.17, 15) is 22.8 Å². The molecule has 0 heterocycles. The van der Waals surface area contributed by atoms with Gasteiger partial charge in [0, 0.05) is 32.2 Å². The van der Waals surface area contributed by atoms with E-state index < -0.39 is 27.7 Å². The molecule has 0 bridgehead atoms. The predicted octanol–water partition coefficient (Wildman–Crippen LogP) is 7.67. The van der Waals surface area contributed by atoms with E-state index in [1.807, 2.05) is 61.5 Å². The standard InChI is InChI=1S/C22H29NO2.C10H8O3S.C9H8O4/c1-5-21(24)25-22(18(2)17-23(3)4,20-14-10-7-11-15-20)16-19-12-8-6-9-13-19;11-14(12,13)10-6-5-8-3-1-2-4-9(8)7-10;1-6(10)13-8-5-3-2-4-7(8)9(11)12/h6-15,18H,5,16-17H2,1-4H3;1-7H,(H,11,12,13);2-5H,1H3,(H,11,12). The summed E-state index contributed by atoms with van der Waals surface area (Å²) >= 11 is 0. The molecule has 0 fully saturated rings. The second-order valence-corrected chi connectivity index (χ2v) is 13.7. The maximum Gasteiger partial charge on any atom is 0.339 e. The number of carboxylic acids is 1. The monoisotopic (exact) mass is 727 g/mol. The van der Waals surface area contributed by atoms with E-state index in [4.69, 9.17) is 14.4 Å². The van der Waals surface area contributed by atoms with Crippen molar-refractivity contribution in [3.8, 4) is 5.75 Å². The van der Waals surface area contributed by atoms with Crippen LogP contribution in [0.4, 0.5) is 0 Å². The molecule has 274 valence electrons. The van der Waals surface area contributed by atoms with Crippen molar-refractivity contribution in [2.75, 3.05) is 20.6 Å². The van der Waals surface area contributed by atoms with Crippen LogP contribution >= 0.6 is 0 Å². The van der Waals surface area contributed by atoms with Gasteiger partial charge < -0.3 is 19.5 Å². The first-order valence-corrected chi connectivity index (χ1v) is 18.0. The van der Waals surface area contributed by atoms with Gasteiger partial charge in [-0.1, -0.05) is 117 Å². The summed E-state index contributed by atoms with van der Waals surface area (Å²) in [6.45, 7) is 6.06. The van der Waals surface area contributed by atoms with Crippen molar-refractivity contribution < 1.29 is 41.9 Å². The number of hydrogen-bond acceptors (Lipinski definition) is 8. The Bertz CT molecular complexity index is 2030. The number of aromatic carboxylic acids is 1. The lowest BCUT2D eigenvalue weighted by molar-refractivity contribution is -0.168. The van der Waals surface area contributed by atoms with Crippen molar-refractivity contribution in [2.45, 2.75) is 44.1 Å². The van der Waals surface area contributed by atoms with Crippen molar-refractivity contribution in [1.29, 1.82) is 0 Å². The van der Waals surface area contributed by atoms with Gasteiger partial charge >= 0.3 is 17.9 Å². The van der Waals surface area contributed by atoms with Crippen molar-refractivity contribution in [3.63, 3.8) is 0 Å². The number of esters is 2. The highest BCUT2D eigenvalue weighted by atomic mass is 32.2. The lowest BCUT2D eigenvalue weighted by atomic mass is 9.77. The molecule has 0 amide bonds. The fourth-order valence-electron chi connectivity index (χ4n) is 5.56. The fraction of sp³-hybridized carbons (Fsp3) is 0.244. The minimum Gasteiger partial charge on any atom is -0.478 e. The largest absolute Gasteiger partial charge is 0.478 e. The van der Waals surface area contributed by atoms with Gasteiger partial charge in [-0.15, -0.1) is 0 Å². The molecule has 0 aromatic heterocycles. The fourth-order valence-corrected chi connectivity index (χ4v) is 6.08. The molecule has 0 aliphatic heterocycles. The van der Waals surface area contributed by atoms with E-state index in [0.29, 0.717) is 12.8 Å². The highest BCUT2D eigenvalue weighted by Crippen LogP contribution is 2.38. The van der Waals surface area contributed by atoms with Gasteiger partial charge in [0.05, 0.1) is 4.90 Å². The van der Waals surface area contributed by atoms with Gasteiger partial charge in [-0.2, -0.15) is 8.42 Å². The summed E-state index contributed by atoms with van der Waals surface area (Å²) in [6.07, 6.45) is 1.04. The maximum atomic E-state index is 12.3. The Kier molecular flexibility index (Phi) is 15.2. The molecule has 0 spiro atoms. The van der Waals surface area contributed by atoms with E-state index in [2.05, 4.69) is 54.9 Å². The van der Waals surface area contributed by atoms with Gasteiger partial charge in [0.2, 0.25) is 0 Å². The number of carboxylic acid groups (broad SMARTS) is 1. The summed E-state index contributed by atoms with van der Waals surface area (Å²) in [5, 5.41) is 10.4. The van der Waals surface area contributed by atoms with Crippen LogP contribution in [-0.4, -0.2) is 61.5 Å². The van der Waals surface area contributed by atoms with Crippen LogP contribution in [0.1, 0.15) is 48.7 Å². The van der Waals surface area contributed by atoms with Crippen LogP contribution in [0.3, 0.4) is 0 Å². The Labute approximate surface area is 305 Å². The van der Waals surface area contributed by atoms with E-state index in [0.717, 1.165) is 22.9 Å². The first-order chi connectivity index (χ1) is 24.7. The normalized spacial score (nSPS) is 12.6. The average molecular weight is 728 g/mol. The molecular weight excluding hydrogens is 683 g/mol. The molecule has 2 atom stereocenters. The molecule has 5 rings (SSSR count). The summed E-state index contributed by atoms with van der Waals surface area (Å²) in [5.41, 5.74) is 1.52. The number of fused-ring (bicyclic) bond motifs is 1. The molecule has 0 radical (unpaired) electrons. The summed E-state index contributed by atoms with van der Waals surface area (Å²) < 4.78 is 41.3. The third-order valence-electron chi connectivity index (χ3n) is 7.98. The number of rotatable bonds is 11. The maximum absolute atomic E-state index is 12.3. The minimum atomic E-state index is -4.09. The molecule has 2 unspecified atom stereocenters. The Hall–Kier alpha value is -5.36. The SMILES string of the molecule is CC(=O)Oc1ccccc1C(=O)O.CCC(=O)OC(Cc1ccccc1)(c1ccccc1)C(C)CN(C)C.O=S(=O)(O)c1ccc2ccccc2c1. The number of carbonyl (C=O) groups is 3. The number of hydrogen-bond donors (Lipinski definition) is 2. The Morgan fingerprint density at radius 3 is 1.90 bits per heavy atom. The summed E-state index contributed by atoms with van der Waals surface area (Å²) in [6, 6.07) is 38.3. The number of benzene rings is 5. The zero-order chi connectivity index (χ0) is 38.3. The van der Waals surface area contributed by atoms with Gasteiger partial charge in [-0.25, -0.2) is 4.79 Å². The number of ether oxygens (including phenoxy) is 2. The Morgan fingerprint density at radius 1 is 0.788 bits per heavy atom. The van der Waals surface area contributed by atoms with Crippen LogP contribution < -0.4 is 4.74 Å². The molecule has 0 aliphatic carbocycles. The Morgan fingerprint density at radius 2 is 1.35 bits per heavy atom. The third kappa shape index (κ3) is 12.2. The van der Waals surface area contributed by atoms with E-state index >= 15 is 0 Å². The second-order valence-electron chi connectivity index (χ2n) is 12.3. The van der Waals surface area contributed by atoms with Crippen LogP contribution in [0.2, 0.25) is 0 Å². The molecule has 2 N–H and O–H groups in total. The molecule has 5 aromatic carbocycles. The van der Waals surface area contributed by atoms with Gasteiger partial charge in [0.1, 0.15) is 16.9 Å². The zero-order valence-electron chi connectivity index (χ0n) is 29.9. The van der Waals surface area contributed by atoms with E-state index in [1.54, 1.807) is 24.3 Å². The molecule has 0 saturated carbocycles. The molecule has 11 heteroatoms. The minimum absolute atomic E-state index is 0.0160. The van der Waals surface area contributed by atoms with Crippen LogP contribution in [0, 0.1) is 5.92 Å². The molecule has 52 heavy (non-hydrogen) atoms. The van der Waals surface area contributed by atoms with Crippen molar-refractivity contribution in [1.82, 2.24) is 4.90 Å². The number of carbonyl (C=O) groups excluding carboxylic acids is 2. The predicted molar refractivity (Wildman–Crippen MR) is 201 cm³/mol. The average Bonchev–Trinajstić information content (AvgIpc) is 3.11. The molecule has 0 saturated heterocycles. The van der Waals surface area contributed by atoms with E-state index in [1.165, 1.54) is 36.8 Å². The molecule has 10 nitrogen and oxygen atoms in total. The third-order valence-corrected chi connectivity index (χ3v) is 8.83. The van der Waals surface area contributed by atoms with Crippen molar-refractivity contribution in [3.05, 3.63) is 144 Å². The first kappa shape index (κ1) is 41.1. The smallest absolute Gasteiger partial charge is 0.339 e. The number of nitrogens with zero attached hydrogens (tertiary/aromatic N) is 1. The summed E-state index contributed by atoms with van der Waals surface area (Å²) in [7, 11) is 0.00971. The topological polar surface area (TPSA) is 148 Å². The zero-order valence-corrected chi connectivity index (χ0v) is 30.7. The number of para-hydroxylation sites is 1. The highest BCUT2D eigenvalue weighted by molar-refractivity contribution is 7.85. The van der Waals surface area contributed by atoms with Crippen LogP contribution in [-0.2, 0) is 36.5 Å². The van der Waals surface area contributed by atoms with Crippen molar-refractivity contribution in [2.24, 2.45) is 5.92 Å². The Balaban J connectivity index is 0.000000228. The van der Waals surface area contributed by atoms with E-state index in [-0.39, 0.29) is 28.1 Å². The van der Waals surface area contributed by atoms with Gasteiger partial charge in [0.25, 0.3) is 10.1 Å². The summed E-state index contributed by atoms with van der Waals surface area (Å²) in [5.74, 6) is -1.60. The molecule has 0 aliphatic rings. The first-order valence-electron chi connectivity index (χ1n) is 16.6. The summed E-state index contributed by atoms with van der Waals surface area (Å²) in [4.78, 5) is 35.6. The van der Waals surface area contributed by atoms with Crippen LogP contribution in [0.25, 0.3) is 10.8 Å². The van der Waals surface area contributed by atoms with Crippen LogP contribution in [0.5, 0.6) is 5.75 Å². The quantitative estimate of drug-likeness (QED) is 0.0789. The molecule has 5 aromatic rings. The highest BCUT2D eigenvalue weighted by Gasteiger charge is 2.42. The van der Waals surface area contributed by atoms with Gasteiger partial charge in [0.15, 0.2) is 0 Å². The van der Waals surface area contributed by atoms with Gasteiger partial charge in [-0.05, 0) is 60.3 Å². The van der Waals surface area contributed by atoms with Gasteiger partial charge in [-0.3, -0.25) is 14.1 Å². The molecular formula is C41H45NO9S. The van der Waals surface area contributed by atoms with Crippen LogP contribution in [0.15, 0.2) is 132 Å². The lowest BCUT2D eigenvalue weighted by Crippen LogP contribution is -2.44. The second kappa shape index (κ2) is 19.3. The van der Waals surface area contributed by atoms with Crippen molar-refractivity contribution >= 4 is 38.8 Å². The lowest BCUT2D eigenvalue weighted by Gasteiger charge is -2.40.